The van der Waals surface area contributed by atoms with Crippen molar-refractivity contribution in [2.75, 3.05) is 30.9 Å². The Morgan fingerprint density at radius 3 is 2.78 bits per heavy atom. The number of sulfonamides is 1. The summed E-state index contributed by atoms with van der Waals surface area (Å²) in [5, 5.41) is 2.80. The number of nitrogens with one attached hydrogen (secondary N) is 2. The first kappa shape index (κ1) is 15.1. The summed E-state index contributed by atoms with van der Waals surface area (Å²) >= 11 is 0. The highest BCUT2D eigenvalue weighted by atomic mass is 32.2. The van der Waals surface area contributed by atoms with Gasteiger partial charge in [0.1, 0.15) is 4.90 Å². The molecule has 1 unspecified atom stereocenters. The Labute approximate surface area is 110 Å². The van der Waals surface area contributed by atoms with Gasteiger partial charge in [-0.25, -0.2) is 13.1 Å². The van der Waals surface area contributed by atoms with Crippen LogP contribution in [0, 0.1) is 0 Å². The van der Waals surface area contributed by atoms with Gasteiger partial charge in [-0.1, -0.05) is 0 Å². The van der Waals surface area contributed by atoms with Gasteiger partial charge in [-0.15, -0.1) is 0 Å². The first-order valence-corrected chi connectivity index (χ1v) is 8.60. The lowest BCUT2D eigenvalue weighted by molar-refractivity contribution is 0.580. The third kappa shape index (κ3) is 4.35. The Morgan fingerprint density at radius 2 is 2.17 bits per heavy atom. The van der Waals surface area contributed by atoms with Crippen LogP contribution in [0.5, 0.6) is 0 Å². The summed E-state index contributed by atoms with van der Waals surface area (Å²) in [6, 6.07) is 1.59. The third-order valence-electron chi connectivity index (χ3n) is 2.24. The molecule has 1 rings (SSSR count). The van der Waals surface area contributed by atoms with Crippen LogP contribution in [0.25, 0.3) is 0 Å². The van der Waals surface area contributed by atoms with E-state index in [2.05, 4.69) is 15.0 Å². The maximum Gasteiger partial charge on any atom is 0.244 e. The molecule has 0 saturated heterocycles. The summed E-state index contributed by atoms with van der Waals surface area (Å²) in [6.07, 6.45) is 4.95. The second-order valence-electron chi connectivity index (χ2n) is 3.65. The number of hydrogen-bond acceptors (Lipinski definition) is 5. The minimum Gasteiger partial charge on any atom is -0.387 e. The van der Waals surface area contributed by atoms with E-state index in [0.29, 0.717) is 17.9 Å². The molecule has 0 aromatic carbocycles. The molecule has 0 aliphatic heterocycles. The van der Waals surface area contributed by atoms with Crippen molar-refractivity contribution >= 4 is 26.5 Å². The lowest BCUT2D eigenvalue weighted by Crippen LogP contribution is -2.26. The molecule has 102 valence electrons. The van der Waals surface area contributed by atoms with Crippen molar-refractivity contribution in [3.63, 3.8) is 0 Å². The van der Waals surface area contributed by atoms with E-state index < -0.39 is 20.8 Å². The fraction of sp³-hybridized carbons (Fsp3) is 0.500. The molecule has 0 spiro atoms. The lowest BCUT2D eigenvalue weighted by Gasteiger charge is -2.10. The van der Waals surface area contributed by atoms with E-state index in [1.807, 2.05) is 0 Å². The smallest absolute Gasteiger partial charge is 0.244 e. The molecule has 1 aromatic rings. The number of nitrogens with zero attached hydrogens (tertiary/aromatic N) is 1. The van der Waals surface area contributed by atoms with Gasteiger partial charge in [-0.05, 0) is 12.5 Å². The van der Waals surface area contributed by atoms with E-state index >= 15 is 0 Å². The Morgan fingerprint density at radius 1 is 1.44 bits per heavy atom. The van der Waals surface area contributed by atoms with Crippen LogP contribution in [0.2, 0.25) is 0 Å². The molecule has 2 N–H and O–H groups in total. The molecule has 0 saturated carbocycles. The first-order chi connectivity index (χ1) is 8.47. The monoisotopic (exact) mass is 291 g/mol. The van der Waals surface area contributed by atoms with Crippen LogP contribution < -0.4 is 10.0 Å². The van der Waals surface area contributed by atoms with E-state index in [1.165, 1.54) is 12.4 Å². The predicted octanol–water partition coefficient (Wildman–Crippen LogP) is 0.170. The van der Waals surface area contributed by atoms with Crippen molar-refractivity contribution in [2.45, 2.75) is 11.3 Å². The van der Waals surface area contributed by atoms with Gasteiger partial charge in [-0.2, -0.15) is 0 Å². The fourth-order valence-electron chi connectivity index (χ4n) is 1.36. The van der Waals surface area contributed by atoms with Crippen LogP contribution in [0.4, 0.5) is 5.69 Å². The quantitative estimate of drug-likeness (QED) is 0.699. The highest BCUT2D eigenvalue weighted by molar-refractivity contribution is 7.89. The Hall–Kier alpha value is -0.990. The van der Waals surface area contributed by atoms with E-state index in [1.54, 1.807) is 19.4 Å². The molecule has 18 heavy (non-hydrogen) atoms. The molecule has 1 heterocycles. The summed E-state index contributed by atoms with van der Waals surface area (Å²) in [6.45, 7) is 0.264. The molecule has 0 bridgehead atoms. The number of pyridine rings is 1. The zero-order chi connectivity index (χ0) is 13.6. The topological polar surface area (TPSA) is 88.2 Å². The molecule has 1 atom stereocenters. The molecular weight excluding hydrogens is 274 g/mol. The molecule has 0 amide bonds. The van der Waals surface area contributed by atoms with E-state index in [-0.39, 0.29) is 11.4 Å². The van der Waals surface area contributed by atoms with Crippen LogP contribution in [0.1, 0.15) is 6.42 Å². The molecule has 1 aromatic heterocycles. The molecule has 6 nitrogen and oxygen atoms in total. The maximum atomic E-state index is 12.0. The lowest BCUT2D eigenvalue weighted by atomic mass is 10.4. The zero-order valence-corrected chi connectivity index (χ0v) is 12.0. The Balaban J connectivity index is 2.71. The Bertz CT molecular complexity index is 517. The predicted molar refractivity (Wildman–Crippen MR) is 72.5 cm³/mol. The van der Waals surface area contributed by atoms with Crippen molar-refractivity contribution < 1.29 is 12.6 Å². The molecular formula is C10H17N3O3S2. The Kier molecular flexibility index (Phi) is 5.70. The van der Waals surface area contributed by atoms with E-state index in [0.717, 1.165) is 0 Å². The second-order valence-corrected chi connectivity index (χ2v) is 6.94. The minimum atomic E-state index is -3.57. The summed E-state index contributed by atoms with van der Waals surface area (Å²) in [5.41, 5.74) is 0.497. The van der Waals surface area contributed by atoms with Crippen LogP contribution >= 0.6 is 0 Å². The summed E-state index contributed by atoms with van der Waals surface area (Å²) in [7, 11) is -2.83. The standard InChI is InChI=1S/C10H17N3O3S2/c1-11-9-4-6-12-8-10(9)18(15,16)13-5-3-7-17(2)14/h4,6,8,13H,3,5,7H2,1-2H3,(H,11,12). The van der Waals surface area contributed by atoms with Crippen molar-refractivity contribution in [1.82, 2.24) is 9.71 Å². The van der Waals surface area contributed by atoms with Crippen molar-refractivity contribution in [3.05, 3.63) is 18.5 Å². The SMILES string of the molecule is CNc1ccncc1S(=O)(=O)NCCCS(C)=O. The van der Waals surface area contributed by atoms with Gasteiger partial charge in [0.2, 0.25) is 10.0 Å². The summed E-state index contributed by atoms with van der Waals surface area (Å²) < 4.78 is 37.3. The van der Waals surface area contributed by atoms with E-state index in [4.69, 9.17) is 0 Å². The molecule has 0 fully saturated rings. The number of rotatable bonds is 7. The van der Waals surface area contributed by atoms with Gasteiger partial charge < -0.3 is 5.32 Å². The third-order valence-corrected chi connectivity index (χ3v) is 4.60. The fourth-order valence-corrected chi connectivity index (χ4v) is 3.14. The molecule has 0 aliphatic rings. The van der Waals surface area contributed by atoms with E-state index in [9.17, 15) is 12.6 Å². The van der Waals surface area contributed by atoms with Crippen molar-refractivity contribution in [1.29, 1.82) is 0 Å². The molecule has 0 radical (unpaired) electrons. The second kappa shape index (κ2) is 6.81. The van der Waals surface area contributed by atoms with Crippen LogP contribution in [-0.2, 0) is 20.8 Å². The van der Waals surface area contributed by atoms with Gasteiger partial charge in [0.15, 0.2) is 0 Å². The van der Waals surface area contributed by atoms with Crippen molar-refractivity contribution in [3.8, 4) is 0 Å². The largest absolute Gasteiger partial charge is 0.387 e. The average molecular weight is 291 g/mol. The number of aromatic nitrogens is 1. The van der Waals surface area contributed by atoms with Gasteiger partial charge in [0.25, 0.3) is 0 Å². The molecule has 8 heteroatoms. The summed E-state index contributed by atoms with van der Waals surface area (Å²) in [5.74, 6) is 0.481. The van der Waals surface area contributed by atoms with Crippen LogP contribution in [0.3, 0.4) is 0 Å². The first-order valence-electron chi connectivity index (χ1n) is 5.39. The van der Waals surface area contributed by atoms with Crippen LogP contribution in [-0.4, -0.2) is 43.2 Å². The molecule has 0 aliphatic carbocycles. The van der Waals surface area contributed by atoms with Gasteiger partial charge in [0, 0.05) is 48.8 Å². The average Bonchev–Trinajstić information content (AvgIpc) is 2.34. The zero-order valence-electron chi connectivity index (χ0n) is 10.3. The highest BCUT2D eigenvalue weighted by Gasteiger charge is 2.17. The number of anilines is 1. The van der Waals surface area contributed by atoms with Gasteiger partial charge in [0.05, 0.1) is 5.69 Å². The van der Waals surface area contributed by atoms with Crippen LogP contribution in [0.15, 0.2) is 23.4 Å². The van der Waals surface area contributed by atoms with Gasteiger partial charge >= 0.3 is 0 Å². The van der Waals surface area contributed by atoms with Gasteiger partial charge in [-0.3, -0.25) is 9.19 Å². The van der Waals surface area contributed by atoms with Crippen molar-refractivity contribution in [2.24, 2.45) is 0 Å². The highest BCUT2D eigenvalue weighted by Crippen LogP contribution is 2.18. The summed E-state index contributed by atoms with van der Waals surface area (Å²) in [4.78, 5) is 3.92. The maximum absolute atomic E-state index is 12.0. The minimum absolute atomic E-state index is 0.116. The number of hydrogen-bond donors (Lipinski definition) is 2. The normalized spacial score (nSPS) is 13.2.